The van der Waals surface area contributed by atoms with E-state index in [0.717, 1.165) is 4.47 Å². The molecular formula is C14H13BrN2O4. The normalized spacial score (nSPS) is 10.2. The van der Waals surface area contributed by atoms with E-state index in [-0.39, 0.29) is 11.4 Å². The van der Waals surface area contributed by atoms with E-state index >= 15 is 0 Å². The predicted octanol–water partition coefficient (Wildman–Crippen LogP) is 3.68. The summed E-state index contributed by atoms with van der Waals surface area (Å²) in [6.07, 6.45) is 0. The highest BCUT2D eigenvalue weighted by Gasteiger charge is 2.11. The Hall–Kier alpha value is -2.28. The number of methoxy groups -OCH3 is 1. The van der Waals surface area contributed by atoms with Gasteiger partial charge in [-0.25, -0.2) is 0 Å². The zero-order chi connectivity index (χ0) is 15.4. The first-order valence-electron chi connectivity index (χ1n) is 6.05. The molecule has 0 aliphatic rings. The molecule has 0 heterocycles. The van der Waals surface area contributed by atoms with E-state index < -0.39 is 4.92 Å². The van der Waals surface area contributed by atoms with Crippen LogP contribution in [0.3, 0.4) is 0 Å². The molecule has 0 aliphatic carbocycles. The van der Waals surface area contributed by atoms with Crippen LogP contribution in [0.15, 0.2) is 40.9 Å². The summed E-state index contributed by atoms with van der Waals surface area (Å²) in [5, 5.41) is 23.6. The lowest BCUT2D eigenvalue weighted by molar-refractivity contribution is -0.384. The quantitative estimate of drug-likeness (QED) is 0.633. The molecule has 6 nitrogen and oxygen atoms in total. The first-order chi connectivity index (χ1) is 10.0. The van der Waals surface area contributed by atoms with Crippen LogP contribution >= 0.6 is 15.9 Å². The molecule has 2 rings (SSSR count). The number of rotatable bonds is 5. The zero-order valence-corrected chi connectivity index (χ0v) is 12.8. The standard InChI is InChI=1S/C14H13BrN2O4/c1-21-14-7-11(17(19)20)3-4-12(14)16-8-9-6-10(15)2-5-13(9)18/h2-7,16,18H,8H2,1H3. The maximum atomic E-state index is 10.7. The van der Waals surface area contributed by atoms with Crippen LogP contribution in [0.5, 0.6) is 11.5 Å². The Bertz CT molecular complexity index is 676. The number of anilines is 1. The van der Waals surface area contributed by atoms with E-state index in [2.05, 4.69) is 21.2 Å². The van der Waals surface area contributed by atoms with Crippen molar-refractivity contribution in [2.24, 2.45) is 0 Å². The van der Waals surface area contributed by atoms with Crippen LogP contribution in [-0.2, 0) is 6.54 Å². The Morgan fingerprint density at radius 3 is 2.76 bits per heavy atom. The van der Waals surface area contributed by atoms with E-state index in [1.807, 2.05) is 0 Å². The predicted molar refractivity (Wildman–Crippen MR) is 82.8 cm³/mol. The summed E-state index contributed by atoms with van der Waals surface area (Å²) in [5.41, 5.74) is 1.27. The molecule has 7 heteroatoms. The summed E-state index contributed by atoms with van der Waals surface area (Å²) in [7, 11) is 1.45. The van der Waals surface area contributed by atoms with Crippen LogP contribution in [0.4, 0.5) is 11.4 Å². The van der Waals surface area contributed by atoms with Gasteiger partial charge in [-0.2, -0.15) is 0 Å². The average Bonchev–Trinajstić information content (AvgIpc) is 2.47. The van der Waals surface area contributed by atoms with E-state index in [0.29, 0.717) is 23.5 Å². The third kappa shape index (κ3) is 3.63. The molecule has 0 saturated heterocycles. The van der Waals surface area contributed by atoms with Crippen molar-refractivity contribution in [1.82, 2.24) is 0 Å². The summed E-state index contributed by atoms with van der Waals surface area (Å²) in [6, 6.07) is 9.44. The van der Waals surface area contributed by atoms with Crippen molar-refractivity contribution in [2.75, 3.05) is 12.4 Å². The lowest BCUT2D eigenvalue weighted by atomic mass is 10.2. The maximum absolute atomic E-state index is 10.7. The average molecular weight is 353 g/mol. The number of ether oxygens (including phenoxy) is 1. The molecular weight excluding hydrogens is 340 g/mol. The summed E-state index contributed by atoms with van der Waals surface area (Å²) in [5.74, 6) is 0.547. The van der Waals surface area contributed by atoms with E-state index in [4.69, 9.17) is 4.74 Å². The van der Waals surface area contributed by atoms with Gasteiger partial charge in [0.05, 0.1) is 23.8 Å². The SMILES string of the molecule is COc1cc([N+](=O)[O-])ccc1NCc1cc(Br)ccc1O. The number of nitro benzene ring substituents is 1. The van der Waals surface area contributed by atoms with Crippen LogP contribution in [-0.4, -0.2) is 17.1 Å². The Labute approximate surface area is 129 Å². The van der Waals surface area contributed by atoms with Crippen molar-refractivity contribution in [1.29, 1.82) is 0 Å². The number of aromatic hydroxyl groups is 1. The van der Waals surface area contributed by atoms with Gasteiger partial charge in [-0.15, -0.1) is 0 Å². The molecule has 0 aliphatic heterocycles. The summed E-state index contributed by atoms with van der Waals surface area (Å²) < 4.78 is 5.99. The molecule has 2 aromatic carbocycles. The fraction of sp³-hybridized carbons (Fsp3) is 0.143. The number of phenolic OH excluding ortho intramolecular Hbond substituents is 1. The third-order valence-electron chi connectivity index (χ3n) is 2.91. The molecule has 0 amide bonds. The number of hydrogen-bond acceptors (Lipinski definition) is 5. The summed E-state index contributed by atoms with van der Waals surface area (Å²) in [4.78, 5) is 10.3. The van der Waals surface area contributed by atoms with Crippen molar-refractivity contribution in [2.45, 2.75) is 6.54 Å². The van der Waals surface area contributed by atoms with Crippen molar-refractivity contribution in [3.05, 3.63) is 56.5 Å². The van der Waals surface area contributed by atoms with Crippen LogP contribution < -0.4 is 10.1 Å². The topological polar surface area (TPSA) is 84.6 Å². The Morgan fingerprint density at radius 2 is 2.10 bits per heavy atom. The van der Waals surface area contributed by atoms with Gasteiger partial charge in [0, 0.05) is 22.6 Å². The van der Waals surface area contributed by atoms with Gasteiger partial charge in [0.1, 0.15) is 11.5 Å². The van der Waals surface area contributed by atoms with Crippen molar-refractivity contribution in [3.63, 3.8) is 0 Å². The van der Waals surface area contributed by atoms with Crippen LogP contribution in [0.2, 0.25) is 0 Å². The van der Waals surface area contributed by atoms with Gasteiger partial charge >= 0.3 is 0 Å². The van der Waals surface area contributed by atoms with Crippen molar-refractivity contribution in [3.8, 4) is 11.5 Å². The number of nitrogens with one attached hydrogen (secondary N) is 1. The van der Waals surface area contributed by atoms with Crippen LogP contribution in [0, 0.1) is 10.1 Å². The molecule has 0 radical (unpaired) electrons. The highest BCUT2D eigenvalue weighted by atomic mass is 79.9. The van der Waals surface area contributed by atoms with Gasteiger partial charge in [0.2, 0.25) is 0 Å². The Morgan fingerprint density at radius 1 is 1.33 bits per heavy atom. The summed E-state index contributed by atoms with van der Waals surface area (Å²) in [6.45, 7) is 0.361. The minimum absolute atomic E-state index is 0.0392. The number of benzene rings is 2. The van der Waals surface area contributed by atoms with Gasteiger partial charge in [-0.3, -0.25) is 10.1 Å². The fourth-order valence-corrected chi connectivity index (χ4v) is 2.23. The molecule has 110 valence electrons. The number of nitrogens with zero attached hydrogens (tertiary/aromatic N) is 1. The van der Waals surface area contributed by atoms with Crippen LogP contribution in [0.1, 0.15) is 5.56 Å². The van der Waals surface area contributed by atoms with Gasteiger partial charge in [0.25, 0.3) is 5.69 Å². The number of nitro groups is 1. The smallest absolute Gasteiger partial charge is 0.273 e. The molecule has 0 aromatic heterocycles. The Kier molecular flexibility index (Phi) is 4.64. The highest BCUT2D eigenvalue weighted by Crippen LogP contribution is 2.30. The van der Waals surface area contributed by atoms with Gasteiger partial charge in [-0.1, -0.05) is 15.9 Å². The number of phenols is 1. The molecule has 0 unspecified atom stereocenters. The maximum Gasteiger partial charge on any atom is 0.273 e. The lowest BCUT2D eigenvalue weighted by Crippen LogP contribution is -2.02. The van der Waals surface area contributed by atoms with E-state index in [1.165, 1.54) is 19.2 Å². The van der Waals surface area contributed by atoms with Crippen molar-refractivity contribution < 1.29 is 14.8 Å². The third-order valence-corrected chi connectivity index (χ3v) is 3.40. The van der Waals surface area contributed by atoms with Gasteiger partial charge in [-0.05, 0) is 24.3 Å². The van der Waals surface area contributed by atoms with Crippen molar-refractivity contribution >= 4 is 27.3 Å². The summed E-state index contributed by atoms with van der Waals surface area (Å²) >= 11 is 3.34. The highest BCUT2D eigenvalue weighted by molar-refractivity contribution is 9.10. The monoisotopic (exact) mass is 352 g/mol. The first-order valence-corrected chi connectivity index (χ1v) is 6.84. The molecule has 2 aromatic rings. The van der Waals surface area contributed by atoms with Gasteiger partial charge in [0.15, 0.2) is 0 Å². The molecule has 21 heavy (non-hydrogen) atoms. The molecule has 0 spiro atoms. The largest absolute Gasteiger partial charge is 0.508 e. The first kappa shape index (κ1) is 15.1. The second kappa shape index (κ2) is 6.45. The second-order valence-electron chi connectivity index (χ2n) is 4.27. The molecule has 0 bridgehead atoms. The molecule has 0 saturated carbocycles. The van der Waals surface area contributed by atoms with E-state index in [9.17, 15) is 15.2 Å². The van der Waals surface area contributed by atoms with E-state index in [1.54, 1.807) is 24.3 Å². The molecule has 0 fully saturated rings. The fourth-order valence-electron chi connectivity index (χ4n) is 1.83. The number of halogens is 1. The minimum atomic E-state index is -0.480. The zero-order valence-electron chi connectivity index (χ0n) is 11.2. The molecule has 0 atom stereocenters. The van der Waals surface area contributed by atoms with Crippen LogP contribution in [0.25, 0.3) is 0 Å². The van der Waals surface area contributed by atoms with Gasteiger partial charge < -0.3 is 15.2 Å². The lowest BCUT2D eigenvalue weighted by Gasteiger charge is -2.12. The Balaban J connectivity index is 2.19. The number of non-ortho nitro benzene ring substituents is 1. The minimum Gasteiger partial charge on any atom is -0.508 e. The second-order valence-corrected chi connectivity index (χ2v) is 5.18. The number of hydrogen-bond donors (Lipinski definition) is 2. The molecule has 2 N–H and O–H groups in total.